The molecule has 18 heavy (non-hydrogen) atoms. The molecule has 0 spiro atoms. The first-order valence-corrected chi connectivity index (χ1v) is 6.50. The highest BCUT2D eigenvalue weighted by Crippen LogP contribution is 2.15. The number of aromatic nitrogens is 1. The third kappa shape index (κ3) is 3.43. The third-order valence-corrected chi connectivity index (χ3v) is 3.30. The fourth-order valence-corrected chi connectivity index (χ4v) is 2.32. The summed E-state index contributed by atoms with van der Waals surface area (Å²) in [6, 6.07) is 1.97. The summed E-state index contributed by atoms with van der Waals surface area (Å²) < 4.78 is 2.15. The van der Waals surface area contributed by atoms with Gasteiger partial charge in [0.15, 0.2) is 5.78 Å². The Morgan fingerprint density at radius 3 is 2.61 bits per heavy atom. The second kappa shape index (κ2) is 6.71. The molecule has 1 N–H and O–H groups in total. The molecule has 0 aromatic carbocycles. The van der Waals surface area contributed by atoms with Gasteiger partial charge < -0.3 is 9.67 Å². The quantitative estimate of drug-likeness (QED) is 0.750. The highest BCUT2D eigenvalue weighted by Gasteiger charge is 2.16. The van der Waals surface area contributed by atoms with E-state index in [2.05, 4.69) is 11.5 Å². The molecule has 0 saturated heterocycles. The average Bonchev–Trinajstić information content (AvgIpc) is 2.61. The Kier molecular flexibility index (Phi) is 5.56. The zero-order valence-electron chi connectivity index (χ0n) is 11.9. The highest BCUT2D eigenvalue weighted by atomic mass is 16.3. The number of aliphatic hydroxyl groups is 1. The molecule has 0 saturated carbocycles. The number of aliphatic hydroxyl groups excluding tert-OH is 1. The van der Waals surface area contributed by atoms with Crippen LogP contribution in [0.5, 0.6) is 0 Å². The molecule has 4 nitrogen and oxygen atoms in total. The van der Waals surface area contributed by atoms with Gasteiger partial charge in [0.05, 0.1) is 6.54 Å². The number of ketones is 1. The van der Waals surface area contributed by atoms with Crippen LogP contribution in [-0.4, -0.2) is 47.1 Å². The maximum absolute atomic E-state index is 12.2. The zero-order valence-corrected chi connectivity index (χ0v) is 11.9. The van der Waals surface area contributed by atoms with E-state index < -0.39 is 0 Å². The number of likely N-dealkylation sites (N-methyl/N-ethyl adjacent to an activating group) is 1. The molecule has 4 heteroatoms. The van der Waals surface area contributed by atoms with Gasteiger partial charge in [0, 0.05) is 36.6 Å². The molecule has 1 heterocycles. The van der Waals surface area contributed by atoms with Crippen molar-refractivity contribution in [3.8, 4) is 0 Å². The molecule has 0 aliphatic carbocycles. The second-order valence-corrected chi connectivity index (χ2v) is 4.77. The van der Waals surface area contributed by atoms with Crippen LogP contribution in [0.1, 0.15) is 35.1 Å². The largest absolute Gasteiger partial charge is 0.396 e. The van der Waals surface area contributed by atoms with Gasteiger partial charge in [-0.2, -0.15) is 0 Å². The lowest BCUT2D eigenvalue weighted by molar-refractivity contribution is 0.0941. The topological polar surface area (TPSA) is 45.5 Å². The Labute approximate surface area is 109 Å². The monoisotopic (exact) mass is 252 g/mol. The van der Waals surface area contributed by atoms with E-state index in [0.29, 0.717) is 13.0 Å². The number of aryl methyl sites for hydroxylation is 1. The van der Waals surface area contributed by atoms with Crippen molar-refractivity contribution < 1.29 is 9.90 Å². The van der Waals surface area contributed by atoms with Gasteiger partial charge >= 0.3 is 0 Å². The number of carbonyl (C=O) groups is 1. The fourth-order valence-electron chi connectivity index (χ4n) is 2.32. The Bertz CT molecular complexity index is 410. The minimum absolute atomic E-state index is 0.156. The average molecular weight is 252 g/mol. The maximum atomic E-state index is 12.2. The van der Waals surface area contributed by atoms with Crippen LogP contribution in [0.3, 0.4) is 0 Å². The van der Waals surface area contributed by atoms with Crippen LogP contribution < -0.4 is 0 Å². The van der Waals surface area contributed by atoms with Crippen molar-refractivity contribution in [1.82, 2.24) is 9.47 Å². The summed E-state index contributed by atoms with van der Waals surface area (Å²) in [4.78, 5) is 14.2. The molecule has 0 amide bonds. The van der Waals surface area contributed by atoms with E-state index in [4.69, 9.17) is 5.11 Å². The highest BCUT2D eigenvalue weighted by molar-refractivity contribution is 5.99. The number of carbonyl (C=O) groups excluding carboxylic acids is 1. The molecule has 0 unspecified atom stereocenters. The van der Waals surface area contributed by atoms with Crippen LogP contribution in [-0.2, 0) is 6.54 Å². The summed E-state index contributed by atoms with van der Waals surface area (Å²) in [5.41, 5.74) is 3.01. The van der Waals surface area contributed by atoms with Crippen molar-refractivity contribution in [3.63, 3.8) is 0 Å². The summed E-state index contributed by atoms with van der Waals surface area (Å²) in [5, 5.41) is 8.77. The number of hydrogen-bond donors (Lipinski definition) is 1. The van der Waals surface area contributed by atoms with E-state index >= 15 is 0 Å². The maximum Gasteiger partial charge on any atom is 0.178 e. The number of rotatable bonds is 7. The summed E-state index contributed by atoms with van der Waals surface area (Å²) >= 11 is 0. The summed E-state index contributed by atoms with van der Waals surface area (Å²) in [5.74, 6) is 0.156. The summed E-state index contributed by atoms with van der Waals surface area (Å²) in [6.07, 6.45) is 0.706. The lowest BCUT2D eigenvalue weighted by Gasteiger charge is -2.14. The number of hydrogen-bond acceptors (Lipinski definition) is 3. The Morgan fingerprint density at radius 2 is 2.11 bits per heavy atom. The molecule has 1 rings (SSSR count). The van der Waals surface area contributed by atoms with Crippen molar-refractivity contribution in [2.45, 2.75) is 33.7 Å². The molecule has 0 fully saturated rings. The first-order chi connectivity index (χ1) is 8.51. The number of Topliss-reactive ketones (excluding diaryl/α,β-unsaturated/α-hetero) is 1. The standard InChI is InChI=1S/C14H24N2O2/c1-5-16-11(2)9-13(12(16)3)14(18)10-15(4)7-6-8-17/h9,17H,5-8,10H2,1-4H3. The SMILES string of the molecule is CCn1c(C)cc(C(=O)CN(C)CCCO)c1C. The Morgan fingerprint density at radius 1 is 1.44 bits per heavy atom. The fraction of sp³-hybridized carbons (Fsp3) is 0.643. The summed E-state index contributed by atoms with van der Waals surface area (Å²) in [7, 11) is 1.91. The van der Waals surface area contributed by atoms with E-state index in [1.54, 1.807) is 0 Å². The van der Waals surface area contributed by atoms with Gasteiger partial charge in [-0.3, -0.25) is 9.69 Å². The van der Waals surface area contributed by atoms with E-state index in [0.717, 1.165) is 30.0 Å². The Hall–Kier alpha value is -1.13. The first-order valence-electron chi connectivity index (χ1n) is 6.50. The van der Waals surface area contributed by atoms with Crippen LogP contribution in [0.2, 0.25) is 0 Å². The van der Waals surface area contributed by atoms with Gasteiger partial charge in [-0.15, -0.1) is 0 Å². The van der Waals surface area contributed by atoms with Crippen LogP contribution in [0.25, 0.3) is 0 Å². The van der Waals surface area contributed by atoms with Crippen molar-refractivity contribution >= 4 is 5.78 Å². The molecule has 1 aromatic rings. The molecule has 0 aliphatic heterocycles. The van der Waals surface area contributed by atoms with Gasteiger partial charge in [-0.25, -0.2) is 0 Å². The molecule has 102 valence electrons. The van der Waals surface area contributed by atoms with Crippen molar-refractivity contribution in [3.05, 3.63) is 23.0 Å². The summed E-state index contributed by atoms with van der Waals surface area (Å²) in [6.45, 7) is 8.33. The molecule has 0 radical (unpaired) electrons. The van der Waals surface area contributed by atoms with Crippen molar-refractivity contribution in [1.29, 1.82) is 0 Å². The normalized spacial score (nSPS) is 11.2. The third-order valence-electron chi connectivity index (χ3n) is 3.30. The molecular weight excluding hydrogens is 228 g/mol. The van der Waals surface area contributed by atoms with Crippen LogP contribution >= 0.6 is 0 Å². The van der Waals surface area contributed by atoms with Gasteiger partial charge in [0.25, 0.3) is 0 Å². The lowest BCUT2D eigenvalue weighted by atomic mass is 10.1. The minimum Gasteiger partial charge on any atom is -0.396 e. The van der Waals surface area contributed by atoms with E-state index in [1.165, 1.54) is 0 Å². The zero-order chi connectivity index (χ0) is 13.7. The van der Waals surface area contributed by atoms with Gasteiger partial charge in [0.2, 0.25) is 0 Å². The lowest BCUT2D eigenvalue weighted by Crippen LogP contribution is -2.27. The van der Waals surface area contributed by atoms with Gasteiger partial charge in [-0.05, 0) is 40.3 Å². The van der Waals surface area contributed by atoms with E-state index in [-0.39, 0.29) is 12.4 Å². The molecular formula is C14H24N2O2. The van der Waals surface area contributed by atoms with E-state index in [9.17, 15) is 4.79 Å². The van der Waals surface area contributed by atoms with Gasteiger partial charge in [-0.1, -0.05) is 0 Å². The molecule has 0 aliphatic rings. The predicted octanol–water partition coefficient (Wildman–Crippen LogP) is 1.62. The van der Waals surface area contributed by atoms with E-state index in [1.807, 2.05) is 31.9 Å². The smallest absolute Gasteiger partial charge is 0.178 e. The molecule has 1 aromatic heterocycles. The van der Waals surface area contributed by atoms with Crippen LogP contribution in [0.4, 0.5) is 0 Å². The minimum atomic E-state index is 0.156. The van der Waals surface area contributed by atoms with Crippen LogP contribution in [0.15, 0.2) is 6.07 Å². The molecule has 0 atom stereocenters. The van der Waals surface area contributed by atoms with Crippen molar-refractivity contribution in [2.75, 3.05) is 26.7 Å². The number of nitrogens with zero attached hydrogens (tertiary/aromatic N) is 2. The Balaban J connectivity index is 2.73. The molecule has 0 bridgehead atoms. The van der Waals surface area contributed by atoms with Crippen molar-refractivity contribution in [2.24, 2.45) is 0 Å². The predicted molar refractivity (Wildman–Crippen MR) is 73.1 cm³/mol. The first kappa shape index (κ1) is 14.9. The van der Waals surface area contributed by atoms with Gasteiger partial charge in [0.1, 0.15) is 0 Å². The van der Waals surface area contributed by atoms with Crippen LogP contribution in [0, 0.1) is 13.8 Å². The second-order valence-electron chi connectivity index (χ2n) is 4.77.